The number of rotatable bonds is 6. The number of aliphatic hydroxyl groups excluding tert-OH is 1. The van der Waals surface area contributed by atoms with E-state index >= 15 is 0 Å². The molecule has 1 unspecified atom stereocenters. The highest BCUT2D eigenvalue weighted by molar-refractivity contribution is 6.31. The number of hydrogen-bond donors (Lipinski definition) is 3. The lowest BCUT2D eigenvalue weighted by Crippen LogP contribution is -2.33. The number of carbonyl (C=O) groups is 1. The van der Waals surface area contributed by atoms with Crippen LogP contribution in [0.2, 0.25) is 5.02 Å². The van der Waals surface area contributed by atoms with Crippen LogP contribution in [-0.4, -0.2) is 28.6 Å². The topological polar surface area (TPSA) is 65.1 Å². The molecule has 3 N–H and O–H groups in total. The molecule has 5 heteroatoms. The summed E-state index contributed by atoms with van der Waals surface area (Å²) in [5, 5.41) is 13.4. The zero-order valence-corrected chi connectivity index (χ0v) is 12.2. The maximum absolute atomic E-state index is 12.0. The fourth-order valence-electron chi connectivity index (χ4n) is 2.27. The van der Waals surface area contributed by atoms with Gasteiger partial charge in [-0.15, -0.1) is 0 Å². The van der Waals surface area contributed by atoms with Crippen LogP contribution >= 0.6 is 11.6 Å². The third kappa shape index (κ3) is 3.74. The molecule has 1 aromatic carbocycles. The Morgan fingerprint density at radius 1 is 1.50 bits per heavy atom. The first kappa shape index (κ1) is 14.9. The van der Waals surface area contributed by atoms with Crippen molar-refractivity contribution >= 4 is 28.4 Å². The van der Waals surface area contributed by atoms with Gasteiger partial charge in [0.25, 0.3) is 0 Å². The highest BCUT2D eigenvalue weighted by atomic mass is 35.5. The van der Waals surface area contributed by atoms with Crippen LogP contribution in [0.1, 0.15) is 25.3 Å². The van der Waals surface area contributed by atoms with Gasteiger partial charge in [-0.2, -0.15) is 0 Å². The summed E-state index contributed by atoms with van der Waals surface area (Å²) in [4.78, 5) is 15.1. The molecular weight excluding hydrogens is 276 g/mol. The summed E-state index contributed by atoms with van der Waals surface area (Å²) in [6.45, 7) is 2.10. The molecule has 2 rings (SSSR count). The Kier molecular flexibility index (Phi) is 5.04. The van der Waals surface area contributed by atoms with Gasteiger partial charge in [-0.05, 0) is 43.5 Å². The van der Waals surface area contributed by atoms with E-state index < -0.39 is 0 Å². The van der Waals surface area contributed by atoms with Crippen molar-refractivity contribution in [2.24, 2.45) is 0 Å². The molecule has 0 saturated heterocycles. The molecule has 0 aliphatic heterocycles. The summed E-state index contributed by atoms with van der Waals surface area (Å²) in [5.41, 5.74) is 1.92. The lowest BCUT2D eigenvalue weighted by atomic mass is 10.1. The lowest BCUT2D eigenvalue weighted by Gasteiger charge is -2.12. The van der Waals surface area contributed by atoms with Crippen LogP contribution in [0.25, 0.3) is 10.9 Å². The van der Waals surface area contributed by atoms with Gasteiger partial charge in [0, 0.05) is 34.8 Å². The van der Waals surface area contributed by atoms with Crippen LogP contribution < -0.4 is 5.32 Å². The van der Waals surface area contributed by atoms with E-state index in [4.69, 9.17) is 16.7 Å². The molecule has 108 valence electrons. The minimum absolute atomic E-state index is 0.0173. The van der Waals surface area contributed by atoms with Crippen molar-refractivity contribution in [3.8, 4) is 0 Å². The number of fused-ring (bicyclic) bond motifs is 1. The maximum atomic E-state index is 12.0. The van der Waals surface area contributed by atoms with Gasteiger partial charge >= 0.3 is 0 Å². The number of carbonyl (C=O) groups excluding carboxylic acids is 1. The molecule has 0 fully saturated rings. The van der Waals surface area contributed by atoms with E-state index in [0.717, 1.165) is 22.9 Å². The number of amides is 1. The van der Waals surface area contributed by atoms with Crippen LogP contribution in [0, 0.1) is 0 Å². The number of hydrogen-bond acceptors (Lipinski definition) is 2. The number of aromatic nitrogens is 1. The summed E-state index contributed by atoms with van der Waals surface area (Å²) < 4.78 is 0. The molecule has 1 amide bonds. The predicted molar refractivity (Wildman–Crippen MR) is 80.9 cm³/mol. The van der Waals surface area contributed by atoms with Crippen molar-refractivity contribution in [3.05, 3.63) is 35.0 Å². The van der Waals surface area contributed by atoms with Crippen molar-refractivity contribution in [1.82, 2.24) is 10.3 Å². The van der Waals surface area contributed by atoms with Gasteiger partial charge in [-0.1, -0.05) is 11.6 Å². The SMILES string of the molecule is CC(CCCO)NC(=O)Cc1c[nH]c2ccc(Cl)cc12. The lowest BCUT2D eigenvalue weighted by molar-refractivity contribution is -0.121. The standard InChI is InChI=1S/C15H19ClN2O2/c1-10(3-2-6-19)18-15(20)7-11-9-17-14-5-4-12(16)8-13(11)14/h4-5,8-10,17,19H,2-3,6-7H2,1H3,(H,18,20). The quantitative estimate of drug-likeness (QED) is 0.767. The highest BCUT2D eigenvalue weighted by Crippen LogP contribution is 2.22. The Labute approximate surface area is 123 Å². The minimum atomic E-state index is -0.0173. The number of nitrogens with one attached hydrogen (secondary N) is 2. The Morgan fingerprint density at radius 2 is 2.30 bits per heavy atom. The van der Waals surface area contributed by atoms with Crippen molar-refractivity contribution in [2.45, 2.75) is 32.2 Å². The van der Waals surface area contributed by atoms with Gasteiger partial charge in [-0.25, -0.2) is 0 Å². The molecule has 1 aromatic heterocycles. The molecule has 1 atom stereocenters. The number of H-pyrrole nitrogens is 1. The summed E-state index contributed by atoms with van der Waals surface area (Å²) in [6.07, 6.45) is 3.65. The number of aromatic amines is 1. The molecule has 2 aromatic rings. The minimum Gasteiger partial charge on any atom is -0.396 e. The zero-order valence-electron chi connectivity index (χ0n) is 11.4. The Balaban J connectivity index is 2.01. The smallest absolute Gasteiger partial charge is 0.224 e. The third-order valence-corrected chi connectivity index (χ3v) is 3.52. The van der Waals surface area contributed by atoms with E-state index in [9.17, 15) is 4.79 Å². The first-order chi connectivity index (χ1) is 9.60. The normalized spacial score (nSPS) is 12.6. The fourth-order valence-corrected chi connectivity index (χ4v) is 2.44. The highest BCUT2D eigenvalue weighted by Gasteiger charge is 2.11. The fraction of sp³-hybridized carbons (Fsp3) is 0.400. The van der Waals surface area contributed by atoms with Crippen molar-refractivity contribution in [1.29, 1.82) is 0 Å². The third-order valence-electron chi connectivity index (χ3n) is 3.28. The number of aliphatic hydroxyl groups is 1. The van der Waals surface area contributed by atoms with E-state index in [1.807, 2.05) is 31.3 Å². The second-order valence-electron chi connectivity index (χ2n) is 5.01. The van der Waals surface area contributed by atoms with Gasteiger partial charge in [-0.3, -0.25) is 4.79 Å². The van der Waals surface area contributed by atoms with Crippen molar-refractivity contribution < 1.29 is 9.90 Å². The summed E-state index contributed by atoms with van der Waals surface area (Å²) in [5.74, 6) is -0.0173. The van der Waals surface area contributed by atoms with Crippen LogP contribution in [0.15, 0.2) is 24.4 Å². The number of benzene rings is 1. The van der Waals surface area contributed by atoms with E-state index in [1.165, 1.54) is 0 Å². The predicted octanol–water partition coefficient (Wildman–Crippen LogP) is 2.64. The largest absolute Gasteiger partial charge is 0.396 e. The summed E-state index contributed by atoms with van der Waals surface area (Å²) in [7, 11) is 0. The molecule has 4 nitrogen and oxygen atoms in total. The van der Waals surface area contributed by atoms with Crippen LogP contribution in [-0.2, 0) is 11.2 Å². The molecule has 0 aliphatic carbocycles. The molecule has 0 aliphatic rings. The van der Waals surface area contributed by atoms with Crippen LogP contribution in [0.4, 0.5) is 0 Å². The molecule has 0 radical (unpaired) electrons. The molecule has 0 spiro atoms. The van der Waals surface area contributed by atoms with Gasteiger partial charge < -0.3 is 15.4 Å². The first-order valence-corrected chi connectivity index (χ1v) is 7.13. The Morgan fingerprint density at radius 3 is 3.05 bits per heavy atom. The Hall–Kier alpha value is -1.52. The molecule has 1 heterocycles. The molecular formula is C15H19ClN2O2. The summed E-state index contributed by atoms with van der Waals surface area (Å²) >= 11 is 5.99. The zero-order chi connectivity index (χ0) is 14.5. The average Bonchev–Trinajstić information content (AvgIpc) is 2.79. The number of halogens is 1. The van der Waals surface area contributed by atoms with E-state index in [1.54, 1.807) is 0 Å². The van der Waals surface area contributed by atoms with E-state index in [2.05, 4.69) is 10.3 Å². The monoisotopic (exact) mass is 294 g/mol. The van der Waals surface area contributed by atoms with Gasteiger partial charge in [0.15, 0.2) is 0 Å². The van der Waals surface area contributed by atoms with Gasteiger partial charge in [0.1, 0.15) is 0 Å². The maximum Gasteiger partial charge on any atom is 0.224 e. The molecule has 0 bridgehead atoms. The van der Waals surface area contributed by atoms with Crippen molar-refractivity contribution in [2.75, 3.05) is 6.61 Å². The van der Waals surface area contributed by atoms with Crippen LogP contribution in [0.5, 0.6) is 0 Å². The molecule has 20 heavy (non-hydrogen) atoms. The Bertz CT molecular complexity index is 595. The molecule has 0 saturated carbocycles. The van der Waals surface area contributed by atoms with Gasteiger partial charge in [0.2, 0.25) is 5.91 Å². The second kappa shape index (κ2) is 6.77. The first-order valence-electron chi connectivity index (χ1n) is 6.76. The average molecular weight is 295 g/mol. The van der Waals surface area contributed by atoms with E-state index in [0.29, 0.717) is 17.9 Å². The van der Waals surface area contributed by atoms with E-state index in [-0.39, 0.29) is 18.6 Å². The van der Waals surface area contributed by atoms with Crippen LogP contribution in [0.3, 0.4) is 0 Å². The van der Waals surface area contributed by atoms with Crippen molar-refractivity contribution in [3.63, 3.8) is 0 Å². The second-order valence-corrected chi connectivity index (χ2v) is 5.45. The van der Waals surface area contributed by atoms with Gasteiger partial charge in [0.05, 0.1) is 6.42 Å². The summed E-state index contributed by atoms with van der Waals surface area (Å²) in [6, 6.07) is 5.67.